The molecule has 3 N–H and O–H groups in total. The van der Waals surface area contributed by atoms with E-state index in [2.05, 4.69) is 15.5 Å². The number of nitrogens with zero attached hydrogens (tertiary/aromatic N) is 6. The molecule has 67 heavy (non-hydrogen) atoms. The molecule has 5 amide bonds. The number of benzene rings is 6. The summed E-state index contributed by atoms with van der Waals surface area (Å²) in [5.41, 5.74) is 10.6. The largest absolute Gasteiger partial charge is 0.368 e. The van der Waals surface area contributed by atoms with E-state index in [0.29, 0.717) is 17.1 Å². The first-order valence-corrected chi connectivity index (χ1v) is 22.4. The van der Waals surface area contributed by atoms with Crippen molar-refractivity contribution in [3.8, 4) is 0 Å². The van der Waals surface area contributed by atoms with Gasteiger partial charge in [-0.3, -0.25) is 24.0 Å². The van der Waals surface area contributed by atoms with E-state index in [-0.39, 0.29) is 31.6 Å². The summed E-state index contributed by atoms with van der Waals surface area (Å²) in [5, 5.41) is 12.0. The minimum Gasteiger partial charge on any atom is -0.368 e. The lowest BCUT2D eigenvalue weighted by Crippen LogP contribution is -2.52. The van der Waals surface area contributed by atoms with Gasteiger partial charge in [-0.1, -0.05) is 140 Å². The number of anilines is 1. The molecule has 0 fully saturated rings. The van der Waals surface area contributed by atoms with Crippen molar-refractivity contribution in [3.05, 3.63) is 198 Å². The molecule has 0 aliphatic rings. The van der Waals surface area contributed by atoms with E-state index >= 15 is 9.59 Å². The maximum atomic E-state index is 15.0. The zero-order valence-electron chi connectivity index (χ0n) is 38.4. The van der Waals surface area contributed by atoms with Gasteiger partial charge in [0.05, 0.1) is 42.6 Å². The fourth-order valence-electron chi connectivity index (χ4n) is 7.75. The van der Waals surface area contributed by atoms with E-state index in [0.717, 1.165) is 22.3 Å². The van der Waals surface area contributed by atoms with Crippen molar-refractivity contribution in [2.75, 3.05) is 37.6 Å². The predicted octanol–water partition coefficient (Wildman–Crippen LogP) is 9.04. The zero-order valence-corrected chi connectivity index (χ0v) is 38.4. The summed E-state index contributed by atoms with van der Waals surface area (Å²) in [6, 6.07) is 51.8. The molecule has 0 aliphatic carbocycles. The summed E-state index contributed by atoms with van der Waals surface area (Å²) in [6.45, 7) is 5.70. The number of azo groups is 1. The van der Waals surface area contributed by atoms with E-state index in [1.807, 2.05) is 172 Å². The first-order valence-electron chi connectivity index (χ1n) is 22.4. The molecule has 4 atom stereocenters. The summed E-state index contributed by atoms with van der Waals surface area (Å²) in [4.78, 5) is 76.9. The van der Waals surface area contributed by atoms with Crippen molar-refractivity contribution in [1.29, 1.82) is 0 Å². The highest BCUT2D eigenvalue weighted by Crippen LogP contribution is 2.28. The number of nitrogens with two attached hydrogens (primary N) is 1. The molecule has 0 aliphatic heterocycles. The average Bonchev–Trinajstić information content (AvgIpc) is 3.37. The Morgan fingerprint density at radius 1 is 0.433 bits per heavy atom. The van der Waals surface area contributed by atoms with Crippen molar-refractivity contribution in [1.82, 2.24) is 20.0 Å². The van der Waals surface area contributed by atoms with Gasteiger partial charge in [0.15, 0.2) is 0 Å². The fourth-order valence-corrected chi connectivity index (χ4v) is 7.75. The molecule has 0 unspecified atom stereocenters. The van der Waals surface area contributed by atoms with Gasteiger partial charge in [0.1, 0.15) is 19.6 Å². The normalized spacial score (nSPS) is 12.9. The number of hydrogen-bond donors (Lipinski definition) is 2. The molecule has 0 saturated carbocycles. The van der Waals surface area contributed by atoms with Crippen LogP contribution in [0.3, 0.4) is 0 Å². The molecule has 0 saturated heterocycles. The number of rotatable bonds is 21. The third kappa shape index (κ3) is 13.6. The second-order valence-corrected chi connectivity index (χ2v) is 16.3. The molecule has 344 valence electrons. The average molecular weight is 899 g/mol. The third-order valence-electron chi connectivity index (χ3n) is 11.8. The molecule has 0 aromatic heterocycles. The predicted molar refractivity (Wildman–Crippen MR) is 261 cm³/mol. The van der Waals surface area contributed by atoms with Crippen LogP contribution in [0.25, 0.3) is 0 Å². The van der Waals surface area contributed by atoms with Gasteiger partial charge in [-0.05, 0) is 86.3 Å². The first-order chi connectivity index (χ1) is 32.4. The third-order valence-corrected chi connectivity index (χ3v) is 11.8. The second-order valence-electron chi connectivity index (χ2n) is 16.3. The van der Waals surface area contributed by atoms with Crippen LogP contribution in [0.1, 0.15) is 74.1 Å². The Morgan fingerprint density at radius 2 is 0.791 bits per heavy atom. The highest BCUT2D eigenvalue weighted by atomic mass is 16.2. The van der Waals surface area contributed by atoms with Crippen LogP contribution >= 0.6 is 0 Å². The van der Waals surface area contributed by atoms with Crippen molar-refractivity contribution in [2.45, 2.75) is 51.9 Å². The lowest BCUT2D eigenvalue weighted by Gasteiger charge is -2.36. The second kappa shape index (κ2) is 24.0. The van der Waals surface area contributed by atoms with Gasteiger partial charge in [0.2, 0.25) is 29.5 Å². The van der Waals surface area contributed by atoms with E-state index in [1.54, 1.807) is 31.2 Å². The molecule has 6 rings (SSSR count). The van der Waals surface area contributed by atoms with Gasteiger partial charge in [-0.2, -0.15) is 10.2 Å². The van der Waals surface area contributed by atoms with Crippen LogP contribution in [0.15, 0.2) is 186 Å². The number of carbonyl (C=O) groups excluding carboxylic acids is 5. The van der Waals surface area contributed by atoms with Gasteiger partial charge in [0, 0.05) is 11.7 Å². The van der Waals surface area contributed by atoms with Crippen molar-refractivity contribution in [3.63, 3.8) is 0 Å². The standard InChI is InChI=1S/C54H58N8O5/c1-39(43-20-10-5-11-21-43)56-34-51(64)60(41(3)45-24-14-7-15-25-45)37-54(67)62(49-32-30-48(31-33-49)58-57-47-28-18-9-19-29-47)38-53(66)61(42(4)46-26-16-8-17-27-46)36-52(65)59(35-50(55)63)40(2)44-22-12-6-13-23-44/h5-33,39-42,56H,34-38H2,1-4H3,(H2,55,63)/t39-,40-,41-,42-/m0/s1. The lowest BCUT2D eigenvalue weighted by atomic mass is 10.1. The molecule has 13 nitrogen and oxygen atoms in total. The number of amides is 5. The number of primary amides is 1. The summed E-state index contributed by atoms with van der Waals surface area (Å²) in [5.74, 6) is -2.62. The Kier molecular flexibility index (Phi) is 17.4. The molecule has 0 spiro atoms. The van der Waals surface area contributed by atoms with Gasteiger partial charge < -0.3 is 30.7 Å². The van der Waals surface area contributed by atoms with Crippen molar-refractivity contribution < 1.29 is 24.0 Å². The fraction of sp³-hybridized carbons (Fsp3) is 0.241. The topological polar surface area (TPSA) is 161 Å². The number of nitrogens with one attached hydrogen (secondary N) is 1. The van der Waals surface area contributed by atoms with Crippen LogP contribution in [0.4, 0.5) is 17.1 Å². The van der Waals surface area contributed by atoms with Crippen molar-refractivity contribution in [2.24, 2.45) is 16.0 Å². The van der Waals surface area contributed by atoms with E-state index < -0.39 is 54.8 Å². The number of carbonyl (C=O) groups is 5. The molecule has 0 heterocycles. The minimum absolute atomic E-state index is 0.0613. The summed E-state index contributed by atoms with van der Waals surface area (Å²) in [7, 11) is 0. The highest BCUT2D eigenvalue weighted by molar-refractivity contribution is 6.02. The van der Waals surface area contributed by atoms with E-state index in [9.17, 15) is 14.4 Å². The Morgan fingerprint density at radius 3 is 1.24 bits per heavy atom. The molecular formula is C54H58N8O5. The summed E-state index contributed by atoms with van der Waals surface area (Å²) in [6.07, 6.45) is 0. The monoisotopic (exact) mass is 898 g/mol. The minimum atomic E-state index is -0.706. The molecule has 13 heteroatoms. The first kappa shape index (κ1) is 48.7. The zero-order chi connectivity index (χ0) is 47.7. The maximum Gasteiger partial charge on any atom is 0.247 e. The maximum absolute atomic E-state index is 15.0. The molecule has 0 bridgehead atoms. The smallest absolute Gasteiger partial charge is 0.247 e. The Balaban J connectivity index is 1.35. The van der Waals surface area contributed by atoms with Crippen LogP contribution in [-0.2, 0) is 24.0 Å². The SMILES string of the molecule is C[C@H](NCC(=O)N(CC(=O)N(CC(=O)N(CC(=O)N(CC(N)=O)[C@@H](C)c1ccccc1)[C@@H](C)c1ccccc1)c1ccc(N=Nc2ccccc2)cc1)[C@@H](C)c1ccccc1)c1ccccc1. The molecular weight excluding hydrogens is 841 g/mol. The highest BCUT2D eigenvalue weighted by Gasteiger charge is 2.33. The number of hydrogen-bond acceptors (Lipinski definition) is 8. The quantitative estimate of drug-likeness (QED) is 0.0686. The van der Waals surface area contributed by atoms with E-state index in [4.69, 9.17) is 5.73 Å². The van der Waals surface area contributed by atoms with Gasteiger partial charge >= 0.3 is 0 Å². The van der Waals surface area contributed by atoms with Crippen molar-refractivity contribution >= 4 is 46.6 Å². The summed E-state index contributed by atoms with van der Waals surface area (Å²) < 4.78 is 0. The van der Waals surface area contributed by atoms with Crippen LogP contribution in [0, 0.1) is 0 Å². The molecule has 6 aromatic rings. The molecule has 0 radical (unpaired) electrons. The van der Waals surface area contributed by atoms with Gasteiger partial charge in [0.25, 0.3) is 0 Å². The summed E-state index contributed by atoms with van der Waals surface area (Å²) >= 11 is 0. The lowest BCUT2D eigenvalue weighted by molar-refractivity contribution is -0.144. The Bertz CT molecular complexity index is 2570. The molecule has 6 aromatic carbocycles. The van der Waals surface area contributed by atoms with Crippen LogP contribution in [0.2, 0.25) is 0 Å². The Labute approximate surface area is 392 Å². The van der Waals surface area contributed by atoms with Crippen LogP contribution in [-0.4, -0.2) is 77.0 Å². The van der Waals surface area contributed by atoms with Crippen LogP contribution < -0.4 is 16.0 Å². The van der Waals surface area contributed by atoms with Crippen LogP contribution in [0.5, 0.6) is 0 Å². The van der Waals surface area contributed by atoms with E-state index in [1.165, 1.54) is 19.6 Å². The van der Waals surface area contributed by atoms with Gasteiger partial charge in [-0.25, -0.2) is 0 Å². The van der Waals surface area contributed by atoms with Gasteiger partial charge in [-0.15, -0.1) is 0 Å². The Hall–Kier alpha value is -7.77.